The zero-order chi connectivity index (χ0) is 32.8. The van der Waals surface area contributed by atoms with E-state index in [9.17, 15) is 39.7 Å². The second-order valence-electron chi connectivity index (χ2n) is 8.55. The maximum Gasteiger partial charge on any atom is 0.490 e. The van der Waals surface area contributed by atoms with E-state index in [0.29, 0.717) is 5.75 Å². The van der Waals surface area contributed by atoms with Crippen LogP contribution in [0.1, 0.15) is 23.1 Å². The lowest BCUT2D eigenvalue weighted by atomic mass is 10.00. The van der Waals surface area contributed by atoms with Crippen molar-refractivity contribution >= 4 is 33.6 Å². The number of halogens is 7. The molecule has 0 fully saturated rings. The summed E-state index contributed by atoms with van der Waals surface area (Å²) < 4.78 is 107. The van der Waals surface area contributed by atoms with E-state index in [0.717, 1.165) is 16.4 Å². The third-order valence-corrected chi connectivity index (χ3v) is 7.67. The molecule has 2 aromatic heterocycles. The van der Waals surface area contributed by atoms with E-state index in [-0.39, 0.29) is 18.1 Å². The van der Waals surface area contributed by atoms with E-state index in [2.05, 4.69) is 30.6 Å². The Hall–Kier alpha value is -4.67. The fourth-order valence-electron chi connectivity index (χ4n) is 3.19. The predicted molar refractivity (Wildman–Crippen MR) is 138 cm³/mol. The van der Waals surface area contributed by atoms with Crippen molar-refractivity contribution in [2.45, 2.75) is 24.8 Å². The van der Waals surface area contributed by atoms with Crippen molar-refractivity contribution in [2.24, 2.45) is 15.1 Å². The number of nitrogens with two attached hydrogens (primary N) is 1. The summed E-state index contributed by atoms with van der Waals surface area (Å²) in [7, 11) is -2.58. The van der Waals surface area contributed by atoms with Gasteiger partial charge in [-0.3, -0.25) is 9.10 Å². The number of pyridine rings is 2. The Kier molecular flexibility index (Phi) is 10.5. The number of nitrogens with one attached hydrogen (secondary N) is 1. The SMILES string of the molecule is C#CCOc1ccc(C(=O)Nc2ccc(F)c([C@]3(C)C[S@@](=O)(=NCC(F)(F)F)N(C)C(N)=N3)n2)nc1.O=C(O)C(F)(F)F. The molecule has 0 saturated heterocycles. The fraction of sp³-hybridized carbons (Fsp3) is 0.348. The van der Waals surface area contributed by atoms with Crippen LogP contribution in [0.4, 0.5) is 36.6 Å². The summed E-state index contributed by atoms with van der Waals surface area (Å²) >= 11 is 0. The van der Waals surface area contributed by atoms with E-state index in [1.807, 2.05) is 0 Å². The largest absolute Gasteiger partial charge is 0.490 e. The highest BCUT2D eigenvalue weighted by Crippen LogP contribution is 2.34. The van der Waals surface area contributed by atoms with E-state index in [4.69, 9.17) is 26.8 Å². The van der Waals surface area contributed by atoms with Crippen LogP contribution in [0.25, 0.3) is 0 Å². The van der Waals surface area contributed by atoms with Crippen LogP contribution in [0, 0.1) is 18.2 Å². The van der Waals surface area contributed by atoms with Crippen LogP contribution < -0.4 is 15.8 Å². The lowest BCUT2D eigenvalue weighted by Crippen LogP contribution is -2.51. The molecule has 0 spiro atoms. The second-order valence-corrected chi connectivity index (χ2v) is 10.9. The molecule has 12 nitrogen and oxygen atoms in total. The molecule has 0 aliphatic carbocycles. The minimum Gasteiger partial charge on any atom is -0.479 e. The van der Waals surface area contributed by atoms with Crippen LogP contribution in [0.3, 0.4) is 0 Å². The van der Waals surface area contributed by atoms with E-state index >= 15 is 0 Å². The van der Waals surface area contributed by atoms with Gasteiger partial charge in [-0.2, -0.15) is 26.3 Å². The number of nitrogens with zero attached hydrogens (tertiary/aromatic N) is 5. The Balaban J connectivity index is 0.000000821. The summed E-state index contributed by atoms with van der Waals surface area (Å²) in [5.41, 5.74) is 3.64. The van der Waals surface area contributed by atoms with Crippen LogP contribution in [0.15, 0.2) is 39.8 Å². The molecule has 0 radical (unpaired) electrons. The molecule has 1 aliphatic rings. The monoisotopic (exact) mass is 641 g/mol. The third-order valence-electron chi connectivity index (χ3n) is 5.16. The lowest BCUT2D eigenvalue weighted by molar-refractivity contribution is -0.192. The van der Waals surface area contributed by atoms with Crippen molar-refractivity contribution in [3.8, 4) is 18.1 Å². The number of hydrogen-bond donors (Lipinski definition) is 3. The molecule has 3 heterocycles. The second kappa shape index (κ2) is 13.1. The van der Waals surface area contributed by atoms with Gasteiger partial charge in [0.1, 0.15) is 57.4 Å². The molecule has 43 heavy (non-hydrogen) atoms. The van der Waals surface area contributed by atoms with E-state index < -0.39 is 69.5 Å². The molecule has 234 valence electrons. The third kappa shape index (κ3) is 9.42. The number of terminal acetylenes is 1. The van der Waals surface area contributed by atoms with Gasteiger partial charge in [0.05, 0.1) is 11.9 Å². The summed E-state index contributed by atoms with van der Waals surface area (Å²) in [5.74, 6) is -2.87. The van der Waals surface area contributed by atoms with Gasteiger partial charge in [0.2, 0.25) is 5.96 Å². The highest BCUT2D eigenvalue weighted by molar-refractivity contribution is 7.92. The molecule has 0 aromatic carbocycles. The number of carboxylic acid groups (broad SMARTS) is 1. The minimum absolute atomic E-state index is 0.0162. The van der Waals surface area contributed by atoms with Gasteiger partial charge < -0.3 is 20.9 Å². The lowest BCUT2D eigenvalue weighted by Gasteiger charge is -2.36. The zero-order valence-corrected chi connectivity index (χ0v) is 22.8. The standard InChI is InChI=1S/C21H21F4N7O3S.C2HF3O2/c1-4-9-35-13-5-7-15(27-10-13)18(33)30-16-8-6-14(22)17(29-16)20(2)12-36(34,28-11-21(23,24)25)32(3)19(26)31-20;3-2(4,5)1(6)7/h1,5-8,10H,9,11-12H2,2-3H3,(H2,26,31)(H,29,30,33);(H,6,7)/t20-,36+;/m0./s1. The summed E-state index contributed by atoms with van der Waals surface area (Å²) in [6.07, 6.45) is -3.40. The fourth-order valence-corrected chi connectivity index (χ4v) is 5.26. The highest BCUT2D eigenvalue weighted by Gasteiger charge is 2.43. The first-order valence-electron chi connectivity index (χ1n) is 11.4. The zero-order valence-electron chi connectivity index (χ0n) is 22.0. The van der Waals surface area contributed by atoms with E-state index in [1.54, 1.807) is 0 Å². The minimum atomic E-state index is -5.08. The summed E-state index contributed by atoms with van der Waals surface area (Å²) in [6.45, 7) is -0.360. The smallest absolute Gasteiger partial charge is 0.479 e. The van der Waals surface area contributed by atoms with Crippen molar-refractivity contribution in [3.05, 3.63) is 47.7 Å². The number of aliphatic imine (C=N–C) groups is 1. The molecule has 2 atom stereocenters. The molecular weight excluding hydrogens is 619 g/mol. The van der Waals surface area contributed by atoms with Crippen molar-refractivity contribution < 1.29 is 54.4 Å². The highest BCUT2D eigenvalue weighted by atomic mass is 32.2. The average molecular weight is 642 g/mol. The van der Waals surface area contributed by atoms with Gasteiger partial charge in [-0.1, -0.05) is 5.92 Å². The van der Waals surface area contributed by atoms with Gasteiger partial charge in [0.15, 0.2) is 0 Å². The number of ether oxygens (including phenoxy) is 1. The molecule has 4 N–H and O–H groups in total. The number of anilines is 1. The molecule has 1 amide bonds. The Morgan fingerprint density at radius 1 is 1.26 bits per heavy atom. The number of carbonyl (C=O) groups is 2. The van der Waals surface area contributed by atoms with Gasteiger partial charge in [-0.25, -0.2) is 32.7 Å². The molecular formula is C23H22F7N7O5S. The number of rotatable bonds is 6. The summed E-state index contributed by atoms with van der Waals surface area (Å²) in [6, 6.07) is 4.98. The maximum atomic E-state index is 14.8. The Bertz CT molecular complexity index is 1550. The van der Waals surface area contributed by atoms with Crippen molar-refractivity contribution in [1.29, 1.82) is 0 Å². The summed E-state index contributed by atoms with van der Waals surface area (Å²) in [4.78, 5) is 33.6. The molecule has 2 aromatic rings. The predicted octanol–water partition coefficient (Wildman–Crippen LogP) is 2.93. The number of aliphatic carboxylic acids is 1. The number of carbonyl (C=O) groups excluding carboxylic acids is 1. The number of alkyl halides is 6. The Morgan fingerprint density at radius 2 is 1.88 bits per heavy atom. The normalized spacial score (nSPS) is 20.1. The van der Waals surface area contributed by atoms with Crippen LogP contribution in [-0.4, -0.2) is 79.7 Å². The van der Waals surface area contributed by atoms with Crippen molar-refractivity contribution in [1.82, 2.24) is 14.3 Å². The van der Waals surface area contributed by atoms with Gasteiger partial charge in [0.25, 0.3) is 5.91 Å². The van der Waals surface area contributed by atoms with E-state index in [1.165, 1.54) is 32.3 Å². The van der Waals surface area contributed by atoms with Gasteiger partial charge >= 0.3 is 18.3 Å². The van der Waals surface area contributed by atoms with Gasteiger partial charge in [-0.15, -0.1) is 6.42 Å². The van der Waals surface area contributed by atoms with Crippen LogP contribution in [0.5, 0.6) is 5.75 Å². The molecule has 0 bridgehead atoms. The maximum absolute atomic E-state index is 14.8. The molecule has 1 aliphatic heterocycles. The summed E-state index contributed by atoms with van der Waals surface area (Å²) in [5, 5.41) is 9.57. The first kappa shape index (κ1) is 34.5. The first-order valence-corrected chi connectivity index (χ1v) is 13.0. The van der Waals surface area contributed by atoms with Gasteiger partial charge in [0, 0.05) is 7.05 Å². The van der Waals surface area contributed by atoms with Crippen LogP contribution in [-0.2, 0) is 20.2 Å². The topological polar surface area (TPSA) is 172 Å². The number of amides is 1. The average Bonchev–Trinajstić information content (AvgIpc) is 2.90. The molecule has 3 rings (SSSR count). The van der Waals surface area contributed by atoms with Crippen LogP contribution in [0.2, 0.25) is 0 Å². The molecule has 20 heteroatoms. The van der Waals surface area contributed by atoms with Crippen molar-refractivity contribution in [2.75, 3.05) is 31.3 Å². The van der Waals surface area contributed by atoms with Crippen LogP contribution >= 0.6 is 0 Å². The molecule has 0 saturated carbocycles. The quantitative estimate of drug-likeness (QED) is 0.319. The number of hydrogen-bond acceptors (Lipinski definition) is 9. The van der Waals surface area contributed by atoms with Crippen molar-refractivity contribution in [3.63, 3.8) is 0 Å². The molecule has 0 unspecified atom stereocenters. The first-order chi connectivity index (χ1) is 19.7. The number of carboxylic acids is 1. The Morgan fingerprint density at radius 3 is 2.40 bits per heavy atom. The number of aromatic nitrogens is 2. The Labute approximate surface area is 239 Å². The van der Waals surface area contributed by atoms with Gasteiger partial charge in [-0.05, 0) is 31.2 Å². The number of guanidine groups is 1.